The lowest BCUT2D eigenvalue weighted by Gasteiger charge is -2.35. The topological polar surface area (TPSA) is 57.6 Å². The van der Waals surface area contributed by atoms with Crippen molar-refractivity contribution in [3.05, 3.63) is 35.4 Å². The van der Waals surface area contributed by atoms with Crippen molar-refractivity contribution in [1.29, 1.82) is 0 Å². The van der Waals surface area contributed by atoms with Crippen molar-refractivity contribution < 1.29 is 23.5 Å². The zero-order chi connectivity index (χ0) is 16.7. The highest BCUT2D eigenvalue weighted by molar-refractivity contribution is 5.84. The van der Waals surface area contributed by atoms with E-state index < -0.39 is 35.4 Å². The number of amides is 1. The van der Waals surface area contributed by atoms with Gasteiger partial charge in [-0.2, -0.15) is 0 Å². The van der Waals surface area contributed by atoms with Crippen LogP contribution in [0.4, 0.5) is 8.78 Å². The summed E-state index contributed by atoms with van der Waals surface area (Å²) in [6.45, 7) is 2.60. The molecule has 1 amide bonds. The molecule has 4 atom stereocenters. The Balaban J connectivity index is 1.72. The molecule has 4 unspecified atom stereocenters. The molecule has 1 aliphatic heterocycles. The smallest absolute Gasteiger partial charge is 0.308 e. The van der Waals surface area contributed by atoms with Crippen LogP contribution in [0.5, 0.6) is 0 Å². The van der Waals surface area contributed by atoms with Crippen LogP contribution in [0.3, 0.4) is 0 Å². The lowest BCUT2D eigenvalue weighted by atomic mass is 9.90. The molecule has 4 nitrogen and oxygen atoms in total. The molecule has 1 saturated carbocycles. The minimum Gasteiger partial charge on any atom is -0.481 e. The van der Waals surface area contributed by atoms with E-state index in [4.69, 9.17) is 0 Å². The molecular formula is C17H19F2NO3. The summed E-state index contributed by atoms with van der Waals surface area (Å²) in [4.78, 5) is 25.3. The Hall–Kier alpha value is -1.98. The first-order valence-corrected chi connectivity index (χ1v) is 7.84. The van der Waals surface area contributed by atoms with Gasteiger partial charge in [0.05, 0.1) is 5.92 Å². The number of hydrogen-bond acceptors (Lipinski definition) is 2. The molecule has 1 saturated heterocycles. The molecular weight excluding hydrogens is 304 g/mol. The third-order valence-electron chi connectivity index (χ3n) is 4.80. The molecule has 1 heterocycles. The zero-order valence-electron chi connectivity index (χ0n) is 12.8. The molecule has 0 spiro atoms. The van der Waals surface area contributed by atoms with Gasteiger partial charge >= 0.3 is 5.97 Å². The van der Waals surface area contributed by atoms with E-state index in [1.165, 1.54) is 18.2 Å². The van der Waals surface area contributed by atoms with Gasteiger partial charge < -0.3 is 10.0 Å². The monoisotopic (exact) mass is 323 g/mol. The third-order valence-corrected chi connectivity index (χ3v) is 4.80. The van der Waals surface area contributed by atoms with Crippen molar-refractivity contribution in [3.8, 4) is 0 Å². The number of aliphatic carboxylic acids is 1. The molecule has 1 aromatic rings. The summed E-state index contributed by atoms with van der Waals surface area (Å²) in [5.74, 6) is -3.68. The second-order valence-electron chi connectivity index (χ2n) is 6.70. The first-order valence-electron chi connectivity index (χ1n) is 7.84. The normalized spacial score (nSPS) is 30.1. The van der Waals surface area contributed by atoms with Crippen molar-refractivity contribution in [2.24, 2.45) is 17.8 Å². The minimum absolute atomic E-state index is 0.0225. The Labute approximate surface area is 133 Å². The van der Waals surface area contributed by atoms with E-state index in [2.05, 4.69) is 0 Å². The number of carbonyl (C=O) groups excluding carboxylic acids is 1. The summed E-state index contributed by atoms with van der Waals surface area (Å²) in [5, 5.41) is 9.18. The summed E-state index contributed by atoms with van der Waals surface area (Å²) < 4.78 is 27.6. The Morgan fingerprint density at radius 2 is 1.83 bits per heavy atom. The molecule has 0 aromatic heterocycles. The van der Waals surface area contributed by atoms with Crippen LogP contribution in [0.2, 0.25) is 0 Å². The third kappa shape index (κ3) is 3.07. The maximum absolute atomic E-state index is 13.8. The Morgan fingerprint density at radius 1 is 1.17 bits per heavy atom. The fourth-order valence-electron chi connectivity index (χ4n) is 3.60. The number of nitrogens with zero attached hydrogens (tertiary/aromatic N) is 1. The van der Waals surface area contributed by atoms with Gasteiger partial charge in [-0.05, 0) is 30.9 Å². The molecule has 1 aromatic carbocycles. The number of rotatable bonds is 3. The van der Waals surface area contributed by atoms with Crippen molar-refractivity contribution in [2.75, 3.05) is 13.1 Å². The standard InChI is InChI=1S/C17H19F2NO3/c1-9-5-10(17(22)23)8-20(7-9)16(21)12-6-11(12)15-13(18)3-2-4-14(15)19/h2-4,9-12H,5-8H2,1H3,(H,22,23). The first kappa shape index (κ1) is 15.9. The van der Waals surface area contributed by atoms with E-state index in [1.54, 1.807) is 4.90 Å². The van der Waals surface area contributed by atoms with Crippen LogP contribution in [0.1, 0.15) is 31.2 Å². The lowest BCUT2D eigenvalue weighted by Crippen LogP contribution is -2.46. The van der Waals surface area contributed by atoms with E-state index >= 15 is 0 Å². The van der Waals surface area contributed by atoms with Gasteiger partial charge in [0.15, 0.2) is 0 Å². The summed E-state index contributed by atoms with van der Waals surface area (Å²) >= 11 is 0. The van der Waals surface area contributed by atoms with E-state index in [0.717, 1.165) is 0 Å². The van der Waals surface area contributed by atoms with Crippen molar-refractivity contribution in [2.45, 2.75) is 25.7 Å². The van der Waals surface area contributed by atoms with Crippen LogP contribution >= 0.6 is 0 Å². The van der Waals surface area contributed by atoms with Gasteiger partial charge in [-0.1, -0.05) is 13.0 Å². The molecule has 1 N–H and O–H groups in total. The summed E-state index contributed by atoms with van der Waals surface area (Å²) in [7, 11) is 0. The summed E-state index contributed by atoms with van der Waals surface area (Å²) in [6.07, 6.45) is 0.967. The molecule has 3 rings (SSSR count). The van der Waals surface area contributed by atoms with Crippen LogP contribution < -0.4 is 0 Å². The number of piperidine rings is 1. The predicted molar refractivity (Wildman–Crippen MR) is 78.7 cm³/mol. The van der Waals surface area contributed by atoms with Crippen molar-refractivity contribution in [1.82, 2.24) is 4.90 Å². The number of halogens is 2. The molecule has 0 bridgehead atoms. The summed E-state index contributed by atoms with van der Waals surface area (Å²) in [6, 6.07) is 3.69. The van der Waals surface area contributed by atoms with Gasteiger partial charge in [0.2, 0.25) is 5.91 Å². The lowest BCUT2D eigenvalue weighted by molar-refractivity contribution is -0.147. The number of likely N-dealkylation sites (tertiary alicyclic amines) is 1. The SMILES string of the molecule is CC1CC(C(=O)O)CN(C(=O)C2CC2c2c(F)cccc2F)C1. The van der Waals surface area contributed by atoms with E-state index in [-0.39, 0.29) is 23.9 Å². The average Bonchev–Trinajstić information content (AvgIpc) is 3.25. The molecule has 124 valence electrons. The van der Waals surface area contributed by atoms with Crippen LogP contribution in [0.15, 0.2) is 18.2 Å². The number of carboxylic acid groups (broad SMARTS) is 1. The summed E-state index contributed by atoms with van der Waals surface area (Å²) in [5.41, 5.74) is -0.0225. The Morgan fingerprint density at radius 3 is 2.43 bits per heavy atom. The largest absolute Gasteiger partial charge is 0.481 e. The maximum atomic E-state index is 13.8. The number of benzene rings is 1. The van der Waals surface area contributed by atoms with Crippen LogP contribution in [0, 0.1) is 29.4 Å². The van der Waals surface area contributed by atoms with Crippen LogP contribution in [-0.4, -0.2) is 35.0 Å². The van der Waals surface area contributed by atoms with Gasteiger partial charge in [-0.3, -0.25) is 9.59 Å². The minimum atomic E-state index is -0.901. The van der Waals surface area contributed by atoms with Crippen molar-refractivity contribution in [3.63, 3.8) is 0 Å². The van der Waals surface area contributed by atoms with Crippen molar-refractivity contribution >= 4 is 11.9 Å². The number of carboxylic acids is 1. The predicted octanol–water partition coefficient (Wildman–Crippen LogP) is 2.64. The van der Waals surface area contributed by atoms with Gasteiger partial charge in [0.1, 0.15) is 11.6 Å². The quantitative estimate of drug-likeness (QED) is 0.930. The Kier molecular flexibility index (Phi) is 4.08. The second-order valence-corrected chi connectivity index (χ2v) is 6.70. The molecule has 6 heteroatoms. The van der Waals surface area contributed by atoms with E-state index in [0.29, 0.717) is 19.4 Å². The van der Waals surface area contributed by atoms with Crippen LogP contribution in [0.25, 0.3) is 0 Å². The first-order chi connectivity index (χ1) is 10.9. The fraction of sp³-hybridized carbons (Fsp3) is 0.529. The average molecular weight is 323 g/mol. The molecule has 2 aliphatic rings. The number of hydrogen-bond donors (Lipinski definition) is 1. The zero-order valence-corrected chi connectivity index (χ0v) is 12.8. The van der Waals surface area contributed by atoms with Gasteiger partial charge in [-0.15, -0.1) is 0 Å². The fourth-order valence-corrected chi connectivity index (χ4v) is 3.60. The highest BCUT2D eigenvalue weighted by Gasteiger charge is 2.49. The molecule has 0 radical (unpaired) electrons. The van der Waals surface area contributed by atoms with Crippen LogP contribution in [-0.2, 0) is 9.59 Å². The highest BCUT2D eigenvalue weighted by Crippen LogP contribution is 2.50. The van der Waals surface area contributed by atoms with E-state index in [9.17, 15) is 23.5 Å². The number of carbonyl (C=O) groups is 2. The molecule has 23 heavy (non-hydrogen) atoms. The van der Waals surface area contributed by atoms with E-state index in [1.807, 2.05) is 6.92 Å². The highest BCUT2D eigenvalue weighted by atomic mass is 19.1. The Bertz CT molecular complexity index is 628. The van der Waals surface area contributed by atoms with Gasteiger partial charge in [-0.25, -0.2) is 8.78 Å². The second kappa shape index (κ2) is 5.91. The molecule has 2 fully saturated rings. The van der Waals surface area contributed by atoms with Gasteiger partial charge in [0.25, 0.3) is 0 Å². The maximum Gasteiger partial charge on any atom is 0.308 e. The van der Waals surface area contributed by atoms with Gasteiger partial charge in [0, 0.05) is 30.5 Å². The molecule has 1 aliphatic carbocycles.